The van der Waals surface area contributed by atoms with E-state index in [1.807, 2.05) is 6.92 Å². The topological polar surface area (TPSA) is 33.0 Å². The van der Waals surface area contributed by atoms with Crippen molar-refractivity contribution in [2.75, 3.05) is 7.11 Å². The van der Waals surface area contributed by atoms with Crippen LogP contribution in [0.15, 0.2) is 4.47 Å². The standard InChI is InChI=1S/C13H14BrF2NO/c1-7-8(2)12(18-4)10(9(3)11(7)14)13(15,16)5-6-17/h5H2,1-4H3. The molecule has 2 nitrogen and oxygen atoms in total. The molecule has 1 rings (SSSR count). The normalized spacial score (nSPS) is 11.2. The summed E-state index contributed by atoms with van der Waals surface area (Å²) in [6.07, 6.45) is -0.862. The van der Waals surface area contributed by atoms with Gasteiger partial charge in [-0.15, -0.1) is 0 Å². The van der Waals surface area contributed by atoms with E-state index in [0.29, 0.717) is 15.6 Å². The van der Waals surface area contributed by atoms with Gasteiger partial charge in [0.15, 0.2) is 0 Å². The maximum atomic E-state index is 14.0. The van der Waals surface area contributed by atoms with Crippen molar-refractivity contribution >= 4 is 15.9 Å². The Hall–Kier alpha value is -1.15. The van der Waals surface area contributed by atoms with Crippen LogP contribution in [-0.4, -0.2) is 7.11 Å². The van der Waals surface area contributed by atoms with E-state index in [1.165, 1.54) is 13.2 Å². The van der Waals surface area contributed by atoms with Crippen molar-refractivity contribution in [3.05, 3.63) is 26.7 Å². The summed E-state index contributed by atoms with van der Waals surface area (Å²) in [4.78, 5) is 0. The minimum absolute atomic E-state index is 0.161. The molecule has 0 aliphatic heterocycles. The molecule has 0 saturated heterocycles. The number of hydrogen-bond donors (Lipinski definition) is 0. The highest BCUT2D eigenvalue weighted by molar-refractivity contribution is 9.10. The number of nitriles is 1. The third-order valence-corrected chi connectivity index (χ3v) is 4.22. The summed E-state index contributed by atoms with van der Waals surface area (Å²) in [5.41, 5.74) is 1.72. The average molecular weight is 318 g/mol. The van der Waals surface area contributed by atoms with Crippen LogP contribution in [0.2, 0.25) is 0 Å². The summed E-state index contributed by atoms with van der Waals surface area (Å²) in [5, 5.41) is 8.53. The van der Waals surface area contributed by atoms with E-state index in [4.69, 9.17) is 10.00 Å². The second-order valence-corrected chi connectivity index (χ2v) is 4.93. The fourth-order valence-corrected chi connectivity index (χ4v) is 2.46. The lowest BCUT2D eigenvalue weighted by Gasteiger charge is -2.23. The molecule has 1 aromatic rings. The van der Waals surface area contributed by atoms with Crippen molar-refractivity contribution in [2.24, 2.45) is 0 Å². The summed E-state index contributed by atoms with van der Waals surface area (Å²) in [6.45, 7) is 5.16. The first-order valence-electron chi connectivity index (χ1n) is 5.36. The summed E-state index contributed by atoms with van der Waals surface area (Å²) >= 11 is 3.32. The van der Waals surface area contributed by atoms with Crippen LogP contribution >= 0.6 is 15.9 Å². The third kappa shape index (κ3) is 2.35. The number of alkyl halides is 2. The molecular weight excluding hydrogens is 304 g/mol. The zero-order chi connectivity index (χ0) is 14.1. The predicted octanol–water partition coefficient (Wildman–Crippen LogP) is 4.39. The Labute approximate surface area is 114 Å². The van der Waals surface area contributed by atoms with E-state index in [2.05, 4.69) is 15.9 Å². The first-order valence-corrected chi connectivity index (χ1v) is 6.15. The van der Waals surface area contributed by atoms with Crippen LogP contribution in [0.3, 0.4) is 0 Å². The predicted molar refractivity (Wildman–Crippen MR) is 69.0 cm³/mol. The highest BCUT2D eigenvalue weighted by Gasteiger charge is 2.38. The monoisotopic (exact) mass is 317 g/mol. The molecule has 0 aliphatic carbocycles. The molecule has 0 fully saturated rings. The second kappa shape index (κ2) is 5.23. The Morgan fingerprint density at radius 3 is 2.22 bits per heavy atom. The van der Waals surface area contributed by atoms with E-state index in [0.717, 1.165) is 5.56 Å². The smallest absolute Gasteiger partial charge is 0.289 e. The van der Waals surface area contributed by atoms with Crippen LogP contribution in [0, 0.1) is 32.1 Å². The van der Waals surface area contributed by atoms with Gasteiger partial charge in [-0.05, 0) is 37.5 Å². The molecule has 0 heterocycles. The molecule has 5 heteroatoms. The van der Waals surface area contributed by atoms with Crippen molar-refractivity contribution < 1.29 is 13.5 Å². The van der Waals surface area contributed by atoms with Gasteiger partial charge < -0.3 is 4.74 Å². The quantitative estimate of drug-likeness (QED) is 0.828. The van der Waals surface area contributed by atoms with E-state index in [1.54, 1.807) is 13.8 Å². The van der Waals surface area contributed by atoms with Gasteiger partial charge in [0.25, 0.3) is 5.92 Å². The van der Waals surface area contributed by atoms with E-state index >= 15 is 0 Å². The van der Waals surface area contributed by atoms with Crippen LogP contribution in [0.4, 0.5) is 8.78 Å². The minimum Gasteiger partial charge on any atom is -0.496 e. The maximum Gasteiger partial charge on any atom is 0.289 e. The lowest BCUT2D eigenvalue weighted by atomic mass is 9.93. The van der Waals surface area contributed by atoms with Gasteiger partial charge in [-0.3, -0.25) is 0 Å². The zero-order valence-electron chi connectivity index (χ0n) is 10.7. The highest BCUT2D eigenvalue weighted by Crippen LogP contribution is 2.45. The molecule has 0 N–H and O–H groups in total. The Bertz CT molecular complexity index is 521. The van der Waals surface area contributed by atoms with Gasteiger partial charge in [-0.1, -0.05) is 15.9 Å². The molecule has 0 aliphatic rings. The second-order valence-electron chi connectivity index (χ2n) is 4.14. The largest absolute Gasteiger partial charge is 0.496 e. The van der Waals surface area contributed by atoms with Gasteiger partial charge in [0.2, 0.25) is 0 Å². The molecular formula is C13H14BrF2NO. The zero-order valence-corrected chi connectivity index (χ0v) is 12.3. The fraction of sp³-hybridized carbons (Fsp3) is 0.462. The third-order valence-electron chi connectivity index (χ3n) is 3.03. The maximum absolute atomic E-state index is 14.0. The van der Waals surface area contributed by atoms with Crippen molar-refractivity contribution in [3.63, 3.8) is 0 Å². The van der Waals surface area contributed by atoms with E-state index < -0.39 is 12.3 Å². The molecule has 0 bridgehead atoms. The number of methoxy groups -OCH3 is 1. The van der Waals surface area contributed by atoms with Gasteiger partial charge in [0, 0.05) is 4.47 Å². The summed E-state index contributed by atoms with van der Waals surface area (Å²) in [6, 6.07) is 1.52. The Kier molecular flexibility index (Phi) is 4.33. The highest BCUT2D eigenvalue weighted by atomic mass is 79.9. The molecule has 0 saturated carbocycles. The van der Waals surface area contributed by atoms with Crippen LogP contribution in [-0.2, 0) is 5.92 Å². The van der Waals surface area contributed by atoms with Crippen LogP contribution < -0.4 is 4.74 Å². The van der Waals surface area contributed by atoms with Crippen LogP contribution in [0.5, 0.6) is 5.75 Å². The van der Waals surface area contributed by atoms with E-state index in [9.17, 15) is 8.78 Å². The lowest BCUT2D eigenvalue weighted by Crippen LogP contribution is -2.17. The van der Waals surface area contributed by atoms with Crippen LogP contribution in [0.1, 0.15) is 28.7 Å². The average Bonchev–Trinajstić information content (AvgIpc) is 2.30. The molecule has 0 amide bonds. The Morgan fingerprint density at radius 1 is 1.22 bits per heavy atom. The van der Waals surface area contributed by atoms with Gasteiger partial charge in [0.1, 0.15) is 12.2 Å². The Balaban J connectivity index is 3.68. The number of halogens is 3. The van der Waals surface area contributed by atoms with Crippen LogP contribution in [0.25, 0.3) is 0 Å². The van der Waals surface area contributed by atoms with Crippen molar-refractivity contribution in [1.29, 1.82) is 5.26 Å². The molecule has 0 unspecified atom stereocenters. The van der Waals surface area contributed by atoms with Gasteiger partial charge >= 0.3 is 0 Å². The first kappa shape index (κ1) is 14.9. The van der Waals surface area contributed by atoms with Gasteiger partial charge in [0.05, 0.1) is 18.7 Å². The number of hydrogen-bond acceptors (Lipinski definition) is 2. The van der Waals surface area contributed by atoms with E-state index in [-0.39, 0.29) is 11.3 Å². The minimum atomic E-state index is -3.22. The molecule has 98 valence electrons. The molecule has 0 spiro atoms. The number of nitrogens with zero attached hydrogens (tertiary/aromatic N) is 1. The van der Waals surface area contributed by atoms with Crippen molar-refractivity contribution in [3.8, 4) is 11.8 Å². The van der Waals surface area contributed by atoms with Crippen molar-refractivity contribution in [1.82, 2.24) is 0 Å². The fourth-order valence-electron chi connectivity index (χ4n) is 1.97. The number of rotatable bonds is 3. The summed E-state index contributed by atoms with van der Waals surface area (Å²) in [5.74, 6) is -3.06. The molecule has 18 heavy (non-hydrogen) atoms. The SMILES string of the molecule is COc1c(C)c(C)c(Br)c(C)c1C(F)(F)CC#N. The first-order chi connectivity index (χ1) is 8.27. The van der Waals surface area contributed by atoms with Gasteiger partial charge in [-0.2, -0.15) is 5.26 Å². The summed E-state index contributed by atoms with van der Waals surface area (Å²) in [7, 11) is 1.36. The number of ether oxygens (including phenoxy) is 1. The number of benzene rings is 1. The lowest BCUT2D eigenvalue weighted by molar-refractivity contribution is -0.00209. The molecule has 0 atom stereocenters. The molecule has 0 aromatic heterocycles. The summed E-state index contributed by atoms with van der Waals surface area (Å²) < 4.78 is 33.8. The molecule has 0 radical (unpaired) electrons. The molecule has 1 aromatic carbocycles. The van der Waals surface area contributed by atoms with Gasteiger partial charge in [-0.25, -0.2) is 8.78 Å². The Morgan fingerprint density at radius 2 is 1.78 bits per heavy atom. The van der Waals surface area contributed by atoms with Crippen molar-refractivity contribution in [2.45, 2.75) is 33.1 Å².